The van der Waals surface area contributed by atoms with E-state index in [2.05, 4.69) is 20.6 Å². The van der Waals surface area contributed by atoms with Crippen LogP contribution < -0.4 is 5.32 Å². The number of hydrogen-bond acceptors (Lipinski definition) is 4. The van der Waals surface area contributed by atoms with Gasteiger partial charge in [-0.25, -0.2) is 9.07 Å². The fraction of sp³-hybridized carbons (Fsp3) is 0.167. The predicted octanol–water partition coefficient (Wildman–Crippen LogP) is 4.58. The topological polar surface area (TPSA) is 72.7 Å². The van der Waals surface area contributed by atoms with E-state index in [1.54, 1.807) is 29.2 Å². The molecule has 0 aliphatic heterocycles. The summed E-state index contributed by atoms with van der Waals surface area (Å²) in [6, 6.07) is 15.3. The van der Waals surface area contributed by atoms with Gasteiger partial charge in [0.05, 0.1) is 11.7 Å². The quantitative estimate of drug-likeness (QED) is 0.518. The van der Waals surface area contributed by atoms with Crippen molar-refractivity contribution < 1.29 is 9.18 Å². The van der Waals surface area contributed by atoms with Crippen molar-refractivity contribution in [3.05, 3.63) is 95.2 Å². The molecule has 0 aliphatic carbocycles. The molecule has 1 unspecified atom stereocenters. The van der Waals surface area contributed by atoms with Gasteiger partial charge in [0.1, 0.15) is 11.5 Å². The van der Waals surface area contributed by atoms with Gasteiger partial charge >= 0.3 is 0 Å². The van der Waals surface area contributed by atoms with Crippen LogP contribution in [0.2, 0.25) is 0 Å². The van der Waals surface area contributed by atoms with Crippen molar-refractivity contribution in [2.75, 3.05) is 0 Å². The normalized spacial score (nSPS) is 11.9. The van der Waals surface area contributed by atoms with Gasteiger partial charge in [-0.1, -0.05) is 23.4 Å². The maximum atomic E-state index is 13.2. The first-order chi connectivity index (χ1) is 14.9. The van der Waals surface area contributed by atoms with E-state index in [0.717, 1.165) is 22.4 Å². The number of benzene rings is 2. The highest BCUT2D eigenvalue weighted by molar-refractivity contribution is 5.98. The first-order valence-electron chi connectivity index (χ1n) is 9.94. The number of hydrogen-bond donors (Lipinski definition) is 1. The van der Waals surface area contributed by atoms with E-state index in [0.29, 0.717) is 5.69 Å². The Balaban J connectivity index is 1.73. The smallest absolute Gasteiger partial charge is 0.274 e. The Morgan fingerprint density at radius 1 is 1.00 bits per heavy atom. The van der Waals surface area contributed by atoms with E-state index in [-0.39, 0.29) is 23.5 Å². The van der Waals surface area contributed by atoms with Gasteiger partial charge < -0.3 is 5.32 Å². The highest BCUT2D eigenvalue weighted by Gasteiger charge is 2.23. The summed E-state index contributed by atoms with van der Waals surface area (Å²) in [6.45, 7) is 5.91. The SMILES string of the molecule is Cc1ccc(-n2nnc(C(=O)NC(C)c3ccc(F)cc3)c2-c2ccncc2)cc1C. The van der Waals surface area contributed by atoms with Gasteiger partial charge in [-0.15, -0.1) is 5.10 Å². The largest absolute Gasteiger partial charge is 0.344 e. The molecule has 4 aromatic rings. The Bertz CT molecular complexity index is 1220. The molecule has 1 N–H and O–H groups in total. The summed E-state index contributed by atoms with van der Waals surface area (Å²) in [5.74, 6) is -0.683. The number of pyridine rings is 1. The molecule has 0 fully saturated rings. The van der Waals surface area contributed by atoms with E-state index < -0.39 is 0 Å². The maximum absolute atomic E-state index is 13.2. The first kappa shape index (κ1) is 20.4. The lowest BCUT2D eigenvalue weighted by Gasteiger charge is -2.14. The van der Waals surface area contributed by atoms with Crippen LogP contribution in [0.3, 0.4) is 0 Å². The van der Waals surface area contributed by atoms with Crippen LogP contribution in [0.25, 0.3) is 16.9 Å². The second-order valence-electron chi connectivity index (χ2n) is 7.45. The Morgan fingerprint density at radius 2 is 1.71 bits per heavy atom. The summed E-state index contributed by atoms with van der Waals surface area (Å²) in [4.78, 5) is 17.2. The van der Waals surface area contributed by atoms with Crippen LogP contribution in [0.4, 0.5) is 4.39 Å². The van der Waals surface area contributed by atoms with Crippen molar-refractivity contribution >= 4 is 5.91 Å². The molecule has 0 aliphatic rings. The molecule has 1 amide bonds. The molecule has 2 heterocycles. The predicted molar refractivity (Wildman–Crippen MR) is 116 cm³/mol. The van der Waals surface area contributed by atoms with Crippen molar-refractivity contribution in [3.8, 4) is 16.9 Å². The molecule has 0 radical (unpaired) electrons. The number of aryl methyl sites for hydroxylation is 2. The molecule has 2 aromatic carbocycles. The lowest BCUT2D eigenvalue weighted by atomic mass is 10.1. The third kappa shape index (κ3) is 4.21. The Kier molecular flexibility index (Phi) is 5.58. The van der Waals surface area contributed by atoms with Gasteiger partial charge in [0.2, 0.25) is 0 Å². The lowest BCUT2D eigenvalue weighted by Crippen LogP contribution is -2.27. The Morgan fingerprint density at radius 3 is 2.39 bits per heavy atom. The zero-order valence-electron chi connectivity index (χ0n) is 17.5. The van der Waals surface area contributed by atoms with Crippen LogP contribution in [0.15, 0.2) is 67.0 Å². The van der Waals surface area contributed by atoms with E-state index in [4.69, 9.17) is 0 Å². The van der Waals surface area contributed by atoms with Gasteiger partial charge in [-0.3, -0.25) is 9.78 Å². The third-order valence-corrected chi connectivity index (χ3v) is 5.29. The fourth-order valence-electron chi connectivity index (χ4n) is 3.34. The third-order valence-electron chi connectivity index (χ3n) is 5.29. The van der Waals surface area contributed by atoms with Gasteiger partial charge in [0.15, 0.2) is 5.69 Å². The van der Waals surface area contributed by atoms with Gasteiger partial charge in [0.25, 0.3) is 5.91 Å². The van der Waals surface area contributed by atoms with Crippen LogP contribution >= 0.6 is 0 Å². The molecular weight excluding hydrogens is 393 g/mol. The fourth-order valence-corrected chi connectivity index (χ4v) is 3.34. The number of halogens is 1. The average Bonchev–Trinajstić information content (AvgIpc) is 3.22. The molecular formula is C24H22FN5O. The highest BCUT2D eigenvalue weighted by atomic mass is 19.1. The summed E-state index contributed by atoms with van der Waals surface area (Å²) >= 11 is 0. The Labute approximate surface area is 179 Å². The van der Waals surface area contributed by atoms with E-state index in [1.807, 2.05) is 51.1 Å². The number of nitrogens with one attached hydrogen (secondary N) is 1. The maximum Gasteiger partial charge on any atom is 0.274 e. The highest BCUT2D eigenvalue weighted by Crippen LogP contribution is 2.26. The first-order valence-corrected chi connectivity index (χ1v) is 9.94. The van der Waals surface area contributed by atoms with E-state index in [1.165, 1.54) is 17.7 Å². The minimum Gasteiger partial charge on any atom is -0.344 e. The number of carbonyl (C=O) groups excluding carboxylic acids is 1. The van der Waals surface area contributed by atoms with Crippen LogP contribution in [0, 0.1) is 19.7 Å². The zero-order valence-corrected chi connectivity index (χ0v) is 17.5. The summed E-state index contributed by atoms with van der Waals surface area (Å²) in [7, 11) is 0. The molecule has 7 heteroatoms. The minimum absolute atomic E-state index is 0.207. The monoisotopic (exact) mass is 415 g/mol. The van der Waals surface area contributed by atoms with Crippen molar-refractivity contribution in [1.82, 2.24) is 25.3 Å². The second-order valence-corrected chi connectivity index (χ2v) is 7.45. The van der Waals surface area contributed by atoms with Crippen LogP contribution in [-0.2, 0) is 0 Å². The van der Waals surface area contributed by atoms with Gasteiger partial charge in [-0.05, 0) is 73.9 Å². The average molecular weight is 415 g/mol. The standard InChI is InChI=1S/C24H22FN5O/c1-15-4-9-21(14-16(15)2)30-23(19-10-12-26-13-11-19)22(28-29-30)24(31)27-17(3)18-5-7-20(25)8-6-18/h4-14,17H,1-3H3,(H,27,31). The van der Waals surface area contributed by atoms with Crippen molar-refractivity contribution in [2.45, 2.75) is 26.8 Å². The molecule has 0 bridgehead atoms. The summed E-state index contributed by atoms with van der Waals surface area (Å²) in [5.41, 5.74) is 5.45. The van der Waals surface area contributed by atoms with Crippen molar-refractivity contribution in [1.29, 1.82) is 0 Å². The lowest BCUT2D eigenvalue weighted by molar-refractivity contribution is 0.0935. The minimum atomic E-state index is -0.362. The number of aromatic nitrogens is 4. The molecule has 156 valence electrons. The molecule has 0 saturated carbocycles. The number of rotatable bonds is 5. The summed E-state index contributed by atoms with van der Waals surface area (Å²) in [6.07, 6.45) is 3.33. The number of amides is 1. The molecule has 2 aromatic heterocycles. The summed E-state index contributed by atoms with van der Waals surface area (Å²) < 4.78 is 14.9. The number of carbonyl (C=O) groups is 1. The second kappa shape index (κ2) is 8.47. The molecule has 31 heavy (non-hydrogen) atoms. The van der Waals surface area contributed by atoms with Crippen LogP contribution in [0.5, 0.6) is 0 Å². The van der Waals surface area contributed by atoms with E-state index >= 15 is 0 Å². The Hall–Kier alpha value is -3.87. The summed E-state index contributed by atoms with van der Waals surface area (Å²) in [5, 5.41) is 11.4. The van der Waals surface area contributed by atoms with E-state index in [9.17, 15) is 9.18 Å². The van der Waals surface area contributed by atoms with Crippen molar-refractivity contribution in [2.24, 2.45) is 0 Å². The zero-order chi connectivity index (χ0) is 22.0. The van der Waals surface area contributed by atoms with Crippen molar-refractivity contribution in [3.63, 3.8) is 0 Å². The molecule has 6 nitrogen and oxygen atoms in total. The number of nitrogens with zero attached hydrogens (tertiary/aromatic N) is 4. The van der Waals surface area contributed by atoms with Crippen LogP contribution in [-0.4, -0.2) is 25.9 Å². The molecule has 4 rings (SSSR count). The molecule has 0 spiro atoms. The van der Waals surface area contributed by atoms with Gasteiger partial charge in [-0.2, -0.15) is 0 Å². The van der Waals surface area contributed by atoms with Gasteiger partial charge in [0, 0.05) is 18.0 Å². The molecule has 1 atom stereocenters. The molecule has 0 saturated heterocycles. The van der Waals surface area contributed by atoms with Crippen LogP contribution in [0.1, 0.15) is 40.1 Å².